The number of carbonyl (C=O) groups excluding carboxylic acids is 1. The Morgan fingerprint density at radius 1 is 1.28 bits per heavy atom. The number of hydrogen-bond acceptors (Lipinski definition) is 8. The molecule has 3 aromatic rings. The van der Waals surface area contributed by atoms with E-state index >= 15 is 0 Å². The molecule has 11 heteroatoms. The Bertz CT molecular complexity index is 1040. The molecule has 1 amide bonds. The van der Waals surface area contributed by atoms with E-state index in [0.717, 1.165) is 5.69 Å². The molecule has 32 heavy (non-hydrogen) atoms. The first-order valence-corrected chi connectivity index (χ1v) is 11.2. The van der Waals surface area contributed by atoms with E-state index in [1.807, 2.05) is 19.1 Å². The van der Waals surface area contributed by atoms with Crippen molar-refractivity contribution in [3.8, 4) is 17.1 Å². The van der Waals surface area contributed by atoms with E-state index in [4.69, 9.17) is 15.2 Å². The SMILES string of the molecule is CC[S+]([O-])N(C)c1ccc(-c2n[nH]c(Nc3ccnc(OCCOC)c3)c2C(N)=O)cc1. The molecule has 0 spiro atoms. The molecule has 0 radical (unpaired) electrons. The molecule has 3 rings (SSSR count). The Morgan fingerprint density at radius 2 is 2.03 bits per heavy atom. The average Bonchev–Trinajstić information content (AvgIpc) is 3.22. The van der Waals surface area contributed by atoms with E-state index in [-0.39, 0.29) is 5.56 Å². The number of ether oxygens (including phenoxy) is 2. The molecule has 2 aromatic heterocycles. The number of methoxy groups -OCH3 is 1. The van der Waals surface area contributed by atoms with Gasteiger partial charge in [0, 0.05) is 30.6 Å². The minimum atomic E-state index is -1.10. The summed E-state index contributed by atoms with van der Waals surface area (Å²) in [6, 6.07) is 10.7. The maximum atomic E-state index is 12.2. The van der Waals surface area contributed by atoms with Crippen LogP contribution in [0.4, 0.5) is 17.2 Å². The smallest absolute Gasteiger partial charge is 0.254 e. The number of aromatic amines is 1. The molecular formula is C21H26N6O4S. The van der Waals surface area contributed by atoms with Crippen LogP contribution in [0.25, 0.3) is 11.3 Å². The molecule has 0 saturated heterocycles. The van der Waals surface area contributed by atoms with Gasteiger partial charge in [0.25, 0.3) is 5.91 Å². The number of hydrogen-bond donors (Lipinski definition) is 3. The zero-order chi connectivity index (χ0) is 23.1. The van der Waals surface area contributed by atoms with Crippen LogP contribution in [0.15, 0.2) is 42.6 Å². The lowest BCUT2D eigenvalue weighted by Gasteiger charge is -2.21. The molecule has 0 aliphatic heterocycles. The summed E-state index contributed by atoms with van der Waals surface area (Å²) in [4.78, 5) is 16.4. The molecule has 0 aliphatic carbocycles. The first-order chi connectivity index (χ1) is 15.4. The number of pyridine rings is 1. The Labute approximate surface area is 189 Å². The highest BCUT2D eigenvalue weighted by Gasteiger charge is 2.21. The van der Waals surface area contributed by atoms with Gasteiger partial charge in [-0.25, -0.2) is 4.98 Å². The molecule has 0 fully saturated rings. The predicted octanol–water partition coefficient (Wildman–Crippen LogP) is 2.46. The van der Waals surface area contributed by atoms with E-state index in [2.05, 4.69) is 20.5 Å². The number of carbonyl (C=O) groups is 1. The number of amides is 1. The lowest BCUT2D eigenvalue weighted by Crippen LogP contribution is -2.27. The zero-order valence-electron chi connectivity index (χ0n) is 18.1. The number of nitrogens with one attached hydrogen (secondary N) is 2. The molecule has 10 nitrogen and oxygen atoms in total. The topological polar surface area (TPSA) is 141 Å². The first-order valence-electron chi connectivity index (χ1n) is 9.90. The van der Waals surface area contributed by atoms with Crippen LogP contribution in [0, 0.1) is 0 Å². The number of nitrogens with two attached hydrogens (primary N) is 1. The van der Waals surface area contributed by atoms with Crippen LogP contribution >= 0.6 is 0 Å². The minimum Gasteiger partial charge on any atom is -0.593 e. The van der Waals surface area contributed by atoms with Crippen molar-refractivity contribution in [3.63, 3.8) is 0 Å². The number of primary amides is 1. The molecule has 0 bridgehead atoms. The molecule has 4 N–H and O–H groups in total. The van der Waals surface area contributed by atoms with Crippen molar-refractivity contribution >= 4 is 34.5 Å². The van der Waals surface area contributed by atoms with Crippen LogP contribution < -0.4 is 20.1 Å². The predicted molar refractivity (Wildman–Crippen MR) is 125 cm³/mol. The van der Waals surface area contributed by atoms with Gasteiger partial charge >= 0.3 is 0 Å². The van der Waals surface area contributed by atoms with Gasteiger partial charge in [-0.15, -0.1) is 0 Å². The van der Waals surface area contributed by atoms with Gasteiger partial charge in [0.15, 0.2) is 0 Å². The van der Waals surface area contributed by atoms with E-state index in [1.54, 1.807) is 48.9 Å². The van der Waals surface area contributed by atoms with E-state index < -0.39 is 17.3 Å². The molecule has 1 unspecified atom stereocenters. The maximum Gasteiger partial charge on any atom is 0.254 e. The van der Waals surface area contributed by atoms with Crippen molar-refractivity contribution in [1.29, 1.82) is 0 Å². The fraction of sp³-hybridized carbons (Fsp3) is 0.286. The Hall–Kier alpha value is -3.28. The fourth-order valence-corrected chi connectivity index (χ4v) is 3.71. The quantitative estimate of drug-likeness (QED) is 0.294. The van der Waals surface area contributed by atoms with Crippen molar-refractivity contribution in [3.05, 3.63) is 48.2 Å². The van der Waals surface area contributed by atoms with Crippen LogP contribution in [-0.4, -0.2) is 58.8 Å². The summed E-state index contributed by atoms with van der Waals surface area (Å²) >= 11 is -1.10. The van der Waals surface area contributed by atoms with Crippen molar-refractivity contribution in [2.24, 2.45) is 5.73 Å². The third kappa shape index (κ3) is 5.49. The second-order valence-electron chi connectivity index (χ2n) is 6.69. The lowest BCUT2D eigenvalue weighted by molar-refractivity contribution is 0.100. The second-order valence-corrected chi connectivity index (χ2v) is 8.46. The summed E-state index contributed by atoms with van der Waals surface area (Å²) in [5.74, 6) is 0.661. The van der Waals surface area contributed by atoms with Gasteiger partial charge in [-0.05, 0) is 25.1 Å². The van der Waals surface area contributed by atoms with E-state index in [1.165, 1.54) is 0 Å². The number of nitrogens with zero attached hydrogens (tertiary/aromatic N) is 3. The summed E-state index contributed by atoms with van der Waals surface area (Å²) < 4.78 is 24.2. The largest absolute Gasteiger partial charge is 0.593 e. The average molecular weight is 459 g/mol. The molecule has 1 aromatic carbocycles. The highest BCUT2D eigenvalue weighted by Crippen LogP contribution is 2.30. The Balaban J connectivity index is 1.83. The number of aromatic nitrogens is 3. The van der Waals surface area contributed by atoms with Crippen molar-refractivity contribution in [2.45, 2.75) is 6.92 Å². The molecule has 170 valence electrons. The normalized spacial score (nSPS) is 11.8. The van der Waals surface area contributed by atoms with Gasteiger partial charge in [-0.2, -0.15) is 9.40 Å². The summed E-state index contributed by atoms with van der Waals surface area (Å²) in [5, 5.41) is 10.2. The van der Waals surface area contributed by atoms with E-state index in [0.29, 0.717) is 47.6 Å². The van der Waals surface area contributed by atoms with Crippen molar-refractivity contribution in [2.75, 3.05) is 42.7 Å². The highest BCUT2D eigenvalue weighted by molar-refractivity contribution is 7.92. The second kappa shape index (κ2) is 10.8. The van der Waals surface area contributed by atoms with Crippen LogP contribution in [0.3, 0.4) is 0 Å². The van der Waals surface area contributed by atoms with Crippen LogP contribution in [0.2, 0.25) is 0 Å². The van der Waals surface area contributed by atoms with Crippen LogP contribution in [0.1, 0.15) is 17.3 Å². The number of benzene rings is 1. The monoisotopic (exact) mass is 458 g/mol. The summed E-state index contributed by atoms with van der Waals surface area (Å²) in [7, 11) is 3.36. The third-order valence-electron chi connectivity index (χ3n) is 4.61. The van der Waals surface area contributed by atoms with Gasteiger partial charge < -0.3 is 25.1 Å². The summed E-state index contributed by atoms with van der Waals surface area (Å²) in [5.41, 5.74) is 8.43. The number of anilines is 3. The van der Waals surface area contributed by atoms with Gasteiger partial charge in [-0.3, -0.25) is 9.89 Å². The molecule has 2 heterocycles. The minimum absolute atomic E-state index is 0.224. The molecule has 0 aliphatic rings. The van der Waals surface area contributed by atoms with Gasteiger partial charge in [0.1, 0.15) is 29.4 Å². The molecule has 1 atom stereocenters. The standard InChI is InChI=1S/C21H26N6O4S/c1-4-32(29)27(2)16-7-5-14(6-8-16)19-18(20(22)28)21(26-25-19)24-15-9-10-23-17(13-15)31-12-11-30-3/h5-10,13H,4,11-12H2,1-3H3,(H2,22,28)(H2,23,24,25,26). The number of H-pyrrole nitrogens is 1. The summed E-state index contributed by atoms with van der Waals surface area (Å²) in [6.07, 6.45) is 1.58. The fourth-order valence-electron chi connectivity index (χ4n) is 2.96. The Kier molecular flexibility index (Phi) is 7.92. The molecule has 0 saturated carbocycles. The summed E-state index contributed by atoms with van der Waals surface area (Å²) in [6.45, 7) is 2.67. The Morgan fingerprint density at radius 3 is 2.69 bits per heavy atom. The third-order valence-corrected chi connectivity index (χ3v) is 5.93. The maximum absolute atomic E-state index is 12.2. The van der Waals surface area contributed by atoms with Crippen molar-refractivity contribution < 1.29 is 18.8 Å². The highest BCUT2D eigenvalue weighted by atomic mass is 32.2. The van der Waals surface area contributed by atoms with Gasteiger partial charge in [0.05, 0.1) is 30.7 Å². The molecular weight excluding hydrogens is 432 g/mol. The number of rotatable bonds is 11. The van der Waals surface area contributed by atoms with Crippen LogP contribution in [0.5, 0.6) is 5.88 Å². The van der Waals surface area contributed by atoms with Crippen LogP contribution in [-0.2, 0) is 16.1 Å². The van der Waals surface area contributed by atoms with Crippen molar-refractivity contribution in [1.82, 2.24) is 15.2 Å². The first kappa shape index (κ1) is 23.4. The lowest BCUT2D eigenvalue weighted by atomic mass is 10.1. The van der Waals surface area contributed by atoms with E-state index in [9.17, 15) is 9.35 Å². The zero-order valence-corrected chi connectivity index (χ0v) is 18.9. The van der Waals surface area contributed by atoms with Gasteiger partial charge in [-0.1, -0.05) is 12.1 Å². The van der Waals surface area contributed by atoms with Gasteiger partial charge in [0.2, 0.25) is 5.88 Å².